The van der Waals surface area contributed by atoms with Gasteiger partial charge in [0, 0.05) is 30.9 Å². The molecule has 108 valence electrons. The van der Waals surface area contributed by atoms with Gasteiger partial charge in [0.25, 0.3) is 0 Å². The van der Waals surface area contributed by atoms with E-state index in [-0.39, 0.29) is 0 Å². The molecule has 0 aliphatic carbocycles. The highest BCUT2D eigenvalue weighted by Gasteiger charge is 2.13. The minimum atomic E-state index is 0.519. The van der Waals surface area contributed by atoms with Gasteiger partial charge in [-0.25, -0.2) is 15.0 Å². The van der Waals surface area contributed by atoms with Gasteiger partial charge in [-0.1, -0.05) is 6.92 Å². The number of hydrogen-bond acceptors (Lipinski definition) is 6. The Kier molecular flexibility index (Phi) is 5.58. The number of nitrogens with zero attached hydrogens (tertiary/aromatic N) is 3. The smallest absolute Gasteiger partial charge is 0.188 e. The monoisotopic (exact) mass is 292 g/mol. The molecule has 0 saturated heterocycles. The van der Waals surface area contributed by atoms with Crippen molar-refractivity contribution in [3.8, 4) is 10.8 Å². The molecular formula is C14H20N4OS. The van der Waals surface area contributed by atoms with Gasteiger partial charge < -0.3 is 10.1 Å². The SMILES string of the molecule is CCCNCc1sc(-c2ncc(C)cn2)nc1COC. The molecule has 20 heavy (non-hydrogen) atoms. The van der Waals surface area contributed by atoms with Gasteiger partial charge in [-0.15, -0.1) is 11.3 Å². The molecule has 2 rings (SSSR count). The van der Waals surface area contributed by atoms with Crippen LogP contribution in [-0.2, 0) is 17.9 Å². The predicted molar refractivity (Wildman–Crippen MR) is 80.6 cm³/mol. The molecule has 6 heteroatoms. The van der Waals surface area contributed by atoms with Crippen molar-refractivity contribution in [1.82, 2.24) is 20.3 Å². The Balaban J connectivity index is 2.21. The summed E-state index contributed by atoms with van der Waals surface area (Å²) in [5, 5.41) is 4.25. The maximum absolute atomic E-state index is 5.22. The molecule has 0 atom stereocenters. The number of thiazole rings is 1. The van der Waals surface area contributed by atoms with E-state index in [0.717, 1.165) is 35.8 Å². The van der Waals surface area contributed by atoms with Crippen molar-refractivity contribution >= 4 is 11.3 Å². The van der Waals surface area contributed by atoms with Crippen LogP contribution in [0.3, 0.4) is 0 Å². The second-order valence-electron chi connectivity index (χ2n) is 4.58. The van der Waals surface area contributed by atoms with Gasteiger partial charge in [0.2, 0.25) is 0 Å². The first-order valence-corrected chi connectivity index (χ1v) is 7.53. The van der Waals surface area contributed by atoms with Gasteiger partial charge in [-0.2, -0.15) is 0 Å². The number of ether oxygens (including phenoxy) is 1. The van der Waals surface area contributed by atoms with Gasteiger partial charge in [0.15, 0.2) is 10.8 Å². The lowest BCUT2D eigenvalue weighted by Crippen LogP contribution is -2.14. The molecule has 2 heterocycles. The zero-order chi connectivity index (χ0) is 14.4. The predicted octanol–water partition coefficient (Wildman–Crippen LogP) is 2.55. The van der Waals surface area contributed by atoms with Gasteiger partial charge >= 0.3 is 0 Å². The fourth-order valence-electron chi connectivity index (χ4n) is 1.75. The van der Waals surface area contributed by atoms with Crippen LogP contribution in [0.15, 0.2) is 12.4 Å². The number of nitrogens with one attached hydrogen (secondary N) is 1. The standard InChI is InChI=1S/C14H20N4OS/c1-4-5-15-8-12-11(9-19-3)18-14(20-12)13-16-6-10(2)7-17-13/h6-7,15H,4-5,8-9H2,1-3H3. The normalized spacial score (nSPS) is 10.9. The Morgan fingerprint density at radius 1 is 1.30 bits per heavy atom. The molecule has 0 spiro atoms. The van der Waals surface area contributed by atoms with E-state index in [1.54, 1.807) is 18.4 Å². The quantitative estimate of drug-likeness (QED) is 0.795. The summed E-state index contributed by atoms with van der Waals surface area (Å²) in [6.45, 7) is 6.46. The highest BCUT2D eigenvalue weighted by atomic mass is 32.1. The Morgan fingerprint density at radius 3 is 2.70 bits per heavy atom. The molecule has 0 fully saturated rings. The molecule has 2 aromatic rings. The molecule has 0 unspecified atom stereocenters. The molecule has 0 radical (unpaired) electrons. The van der Waals surface area contributed by atoms with Crippen LogP contribution in [0.25, 0.3) is 10.8 Å². The molecule has 0 amide bonds. The summed E-state index contributed by atoms with van der Waals surface area (Å²) >= 11 is 1.63. The van der Waals surface area contributed by atoms with Crippen LogP contribution in [0.2, 0.25) is 0 Å². The summed E-state index contributed by atoms with van der Waals surface area (Å²) in [7, 11) is 1.69. The number of aromatic nitrogens is 3. The lowest BCUT2D eigenvalue weighted by Gasteiger charge is -2.02. The van der Waals surface area contributed by atoms with Crippen molar-refractivity contribution in [2.24, 2.45) is 0 Å². The largest absolute Gasteiger partial charge is 0.378 e. The molecular weight excluding hydrogens is 272 g/mol. The Hall–Kier alpha value is -1.37. The Morgan fingerprint density at radius 2 is 2.05 bits per heavy atom. The van der Waals surface area contributed by atoms with Gasteiger partial charge in [0.05, 0.1) is 12.3 Å². The van der Waals surface area contributed by atoms with E-state index in [4.69, 9.17) is 4.74 Å². The molecule has 0 aliphatic rings. The molecule has 0 aromatic carbocycles. The third-order valence-corrected chi connectivity index (χ3v) is 3.84. The van der Waals surface area contributed by atoms with Crippen molar-refractivity contribution in [2.45, 2.75) is 33.4 Å². The van der Waals surface area contributed by atoms with Crippen LogP contribution in [0.5, 0.6) is 0 Å². The third-order valence-electron chi connectivity index (χ3n) is 2.74. The molecule has 5 nitrogen and oxygen atoms in total. The van der Waals surface area contributed by atoms with E-state index >= 15 is 0 Å². The van der Waals surface area contributed by atoms with Crippen LogP contribution >= 0.6 is 11.3 Å². The van der Waals surface area contributed by atoms with Crippen LogP contribution in [-0.4, -0.2) is 28.6 Å². The summed E-state index contributed by atoms with van der Waals surface area (Å²) < 4.78 is 5.22. The highest BCUT2D eigenvalue weighted by Crippen LogP contribution is 2.26. The zero-order valence-electron chi connectivity index (χ0n) is 12.1. The molecule has 0 aliphatic heterocycles. The van der Waals surface area contributed by atoms with E-state index in [2.05, 4.69) is 27.2 Å². The first kappa shape index (κ1) is 15.0. The average molecular weight is 292 g/mol. The van der Waals surface area contributed by atoms with Gasteiger partial charge in [-0.05, 0) is 25.5 Å². The van der Waals surface area contributed by atoms with Crippen LogP contribution in [0.1, 0.15) is 29.5 Å². The minimum Gasteiger partial charge on any atom is -0.378 e. The minimum absolute atomic E-state index is 0.519. The van der Waals surface area contributed by atoms with Crippen molar-refractivity contribution in [1.29, 1.82) is 0 Å². The summed E-state index contributed by atoms with van der Waals surface area (Å²) in [5.41, 5.74) is 2.02. The van der Waals surface area contributed by atoms with Crippen molar-refractivity contribution < 1.29 is 4.74 Å². The topological polar surface area (TPSA) is 59.9 Å². The zero-order valence-corrected chi connectivity index (χ0v) is 13.0. The Bertz CT molecular complexity index is 539. The maximum atomic E-state index is 5.22. The number of methoxy groups -OCH3 is 1. The Labute approximate surface area is 123 Å². The number of rotatable bonds is 7. The van der Waals surface area contributed by atoms with Crippen LogP contribution in [0.4, 0.5) is 0 Å². The maximum Gasteiger partial charge on any atom is 0.188 e. The lowest BCUT2D eigenvalue weighted by atomic mass is 10.3. The van der Waals surface area contributed by atoms with Crippen molar-refractivity contribution in [3.63, 3.8) is 0 Å². The summed E-state index contributed by atoms with van der Waals surface area (Å²) in [6, 6.07) is 0. The first-order valence-electron chi connectivity index (χ1n) is 6.71. The highest BCUT2D eigenvalue weighted by molar-refractivity contribution is 7.15. The average Bonchev–Trinajstić information content (AvgIpc) is 2.84. The van der Waals surface area contributed by atoms with Crippen LogP contribution in [0, 0.1) is 6.92 Å². The van der Waals surface area contributed by atoms with Gasteiger partial charge in [-0.3, -0.25) is 0 Å². The van der Waals surface area contributed by atoms with E-state index in [0.29, 0.717) is 12.4 Å². The molecule has 0 bridgehead atoms. The van der Waals surface area contributed by atoms with Crippen molar-refractivity contribution in [2.75, 3.05) is 13.7 Å². The lowest BCUT2D eigenvalue weighted by molar-refractivity contribution is 0.181. The summed E-state index contributed by atoms with van der Waals surface area (Å²) in [4.78, 5) is 14.5. The van der Waals surface area contributed by atoms with Crippen LogP contribution < -0.4 is 5.32 Å². The fourth-order valence-corrected chi connectivity index (χ4v) is 2.73. The molecule has 0 saturated carbocycles. The second kappa shape index (κ2) is 7.42. The van der Waals surface area contributed by atoms with Gasteiger partial charge in [0.1, 0.15) is 0 Å². The number of aryl methyl sites for hydroxylation is 1. The van der Waals surface area contributed by atoms with E-state index in [1.807, 2.05) is 19.3 Å². The molecule has 2 aromatic heterocycles. The summed E-state index contributed by atoms with van der Waals surface area (Å²) in [5.74, 6) is 0.680. The number of hydrogen-bond donors (Lipinski definition) is 1. The van der Waals surface area contributed by atoms with E-state index < -0.39 is 0 Å². The second-order valence-corrected chi connectivity index (χ2v) is 5.67. The summed E-state index contributed by atoms with van der Waals surface area (Å²) in [6.07, 6.45) is 4.75. The fraction of sp³-hybridized carbons (Fsp3) is 0.500. The first-order chi connectivity index (χ1) is 9.74. The van der Waals surface area contributed by atoms with E-state index in [1.165, 1.54) is 4.88 Å². The van der Waals surface area contributed by atoms with Crippen molar-refractivity contribution in [3.05, 3.63) is 28.5 Å². The molecule has 1 N–H and O–H groups in total. The van der Waals surface area contributed by atoms with E-state index in [9.17, 15) is 0 Å². The third kappa shape index (κ3) is 3.82.